The molecular weight excluding hydrogens is 280 g/mol. The lowest BCUT2D eigenvalue weighted by Crippen LogP contribution is -2.31. The van der Waals surface area contributed by atoms with Gasteiger partial charge < -0.3 is 9.63 Å². The molecular formula is C13H16N2O4S. The SMILES string of the molecule is Cc1cc(CS(=O)(=O)NC(CO)c2ccccc2)no1. The number of aryl methyl sites for hydroxylation is 1. The van der Waals surface area contributed by atoms with Crippen LogP contribution in [-0.4, -0.2) is 25.3 Å². The van der Waals surface area contributed by atoms with Crippen LogP contribution in [0, 0.1) is 6.92 Å². The van der Waals surface area contributed by atoms with Crippen LogP contribution >= 0.6 is 0 Å². The van der Waals surface area contributed by atoms with Crippen molar-refractivity contribution in [2.75, 3.05) is 6.61 Å². The van der Waals surface area contributed by atoms with E-state index in [2.05, 4.69) is 9.88 Å². The highest BCUT2D eigenvalue weighted by molar-refractivity contribution is 7.88. The summed E-state index contributed by atoms with van der Waals surface area (Å²) < 4.78 is 31.4. The zero-order chi connectivity index (χ0) is 14.6. The zero-order valence-corrected chi connectivity index (χ0v) is 11.8. The number of rotatable bonds is 6. The highest BCUT2D eigenvalue weighted by atomic mass is 32.2. The van der Waals surface area contributed by atoms with Gasteiger partial charge in [0.15, 0.2) is 0 Å². The quantitative estimate of drug-likeness (QED) is 0.834. The fourth-order valence-corrected chi connectivity index (χ4v) is 3.09. The van der Waals surface area contributed by atoms with Gasteiger partial charge >= 0.3 is 0 Å². The molecule has 0 fully saturated rings. The van der Waals surface area contributed by atoms with Crippen molar-refractivity contribution in [3.8, 4) is 0 Å². The summed E-state index contributed by atoms with van der Waals surface area (Å²) in [6.45, 7) is 1.37. The Hall–Kier alpha value is -1.70. The van der Waals surface area contributed by atoms with Crippen molar-refractivity contribution in [1.29, 1.82) is 0 Å². The molecule has 1 aromatic carbocycles. The van der Waals surface area contributed by atoms with E-state index in [9.17, 15) is 13.5 Å². The first-order chi connectivity index (χ1) is 9.50. The Kier molecular flexibility index (Phi) is 4.53. The highest BCUT2D eigenvalue weighted by Gasteiger charge is 2.20. The fourth-order valence-electron chi connectivity index (χ4n) is 1.84. The Balaban J connectivity index is 2.10. The van der Waals surface area contributed by atoms with Gasteiger partial charge in [0.25, 0.3) is 0 Å². The lowest BCUT2D eigenvalue weighted by molar-refractivity contribution is 0.259. The van der Waals surface area contributed by atoms with Crippen LogP contribution in [0.25, 0.3) is 0 Å². The van der Waals surface area contributed by atoms with E-state index in [1.54, 1.807) is 37.3 Å². The number of aromatic nitrogens is 1. The summed E-state index contributed by atoms with van der Waals surface area (Å²) in [5, 5.41) is 13.0. The summed E-state index contributed by atoms with van der Waals surface area (Å²) in [4.78, 5) is 0. The molecule has 1 heterocycles. The number of nitrogens with zero attached hydrogens (tertiary/aromatic N) is 1. The fraction of sp³-hybridized carbons (Fsp3) is 0.308. The number of aliphatic hydroxyl groups excluding tert-OH is 1. The summed E-state index contributed by atoms with van der Waals surface area (Å²) in [5.41, 5.74) is 1.04. The smallest absolute Gasteiger partial charge is 0.218 e. The van der Waals surface area contributed by atoms with Crippen LogP contribution in [0.2, 0.25) is 0 Å². The third kappa shape index (κ3) is 3.89. The molecule has 2 aromatic rings. The predicted octanol–water partition coefficient (Wildman–Crippen LogP) is 1.14. The normalized spacial score (nSPS) is 13.3. The molecule has 2 rings (SSSR count). The molecule has 20 heavy (non-hydrogen) atoms. The Labute approximate surface area is 117 Å². The van der Waals surface area contributed by atoms with Gasteiger partial charge in [-0.15, -0.1) is 0 Å². The summed E-state index contributed by atoms with van der Waals surface area (Å²) in [6.07, 6.45) is 0. The van der Waals surface area contributed by atoms with E-state index in [0.29, 0.717) is 17.0 Å². The molecule has 0 amide bonds. The molecule has 0 bridgehead atoms. The van der Waals surface area contributed by atoms with E-state index in [1.807, 2.05) is 6.07 Å². The average molecular weight is 296 g/mol. The van der Waals surface area contributed by atoms with Crippen LogP contribution in [-0.2, 0) is 15.8 Å². The molecule has 0 aliphatic heterocycles. The van der Waals surface area contributed by atoms with Crippen LogP contribution in [0.15, 0.2) is 40.9 Å². The molecule has 0 aliphatic carbocycles. The third-order valence-electron chi connectivity index (χ3n) is 2.72. The Morgan fingerprint density at radius 3 is 2.60 bits per heavy atom. The van der Waals surface area contributed by atoms with Gasteiger partial charge in [-0.1, -0.05) is 35.5 Å². The van der Waals surface area contributed by atoms with Gasteiger partial charge in [0.05, 0.1) is 12.6 Å². The van der Waals surface area contributed by atoms with Crippen molar-refractivity contribution < 1.29 is 18.0 Å². The number of benzene rings is 1. The maximum absolute atomic E-state index is 12.0. The van der Waals surface area contributed by atoms with Gasteiger partial charge in [0.1, 0.15) is 17.2 Å². The van der Waals surface area contributed by atoms with Gasteiger partial charge in [0, 0.05) is 6.07 Å². The van der Waals surface area contributed by atoms with E-state index in [1.165, 1.54) is 0 Å². The molecule has 1 atom stereocenters. The van der Waals surface area contributed by atoms with Crippen LogP contribution < -0.4 is 4.72 Å². The van der Waals surface area contributed by atoms with E-state index >= 15 is 0 Å². The Morgan fingerprint density at radius 2 is 2.05 bits per heavy atom. The van der Waals surface area contributed by atoms with E-state index < -0.39 is 16.1 Å². The van der Waals surface area contributed by atoms with Crippen molar-refractivity contribution in [3.63, 3.8) is 0 Å². The summed E-state index contributed by atoms with van der Waals surface area (Å²) >= 11 is 0. The Morgan fingerprint density at radius 1 is 1.35 bits per heavy atom. The molecule has 6 nitrogen and oxygen atoms in total. The second kappa shape index (κ2) is 6.17. The van der Waals surface area contributed by atoms with Gasteiger partial charge in [0.2, 0.25) is 10.0 Å². The molecule has 0 saturated carbocycles. The molecule has 0 spiro atoms. The number of aliphatic hydroxyl groups is 1. The maximum Gasteiger partial charge on any atom is 0.218 e. The third-order valence-corrected chi connectivity index (χ3v) is 4.04. The highest BCUT2D eigenvalue weighted by Crippen LogP contribution is 2.14. The maximum atomic E-state index is 12.0. The number of nitrogens with one attached hydrogen (secondary N) is 1. The van der Waals surface area contributed by atoms with E-state index in [-0.39, 0.29) is 12.4 Å². The van der Waals surface area contributed by atoms with Crippen molar-refractivity contribution >= 4 is 10.0 Å². The molecule has 1 aromatic heterocycles. The number of hydrogen-bond acceptors (Lipinski definition) is 5. The first-order valence-corrected chi connectivity index (χ1v) is 7.73. The van der Waals surface area contributed by atoms with Gasteiger partial charge in [-0.3, -0.25) is 0 Å². The first-order valence-electron chi connectivity index (χ1n) is 6.08. The second-order valence-electron chi connectivity index (χ2n) is 4.45. The largest absolute Gasteiger partial charge is 0.394 e. The van der Waals surface area contributed by atoms with E-state index in [0.717, 1.165) is 0 Å². The minimum atomic E-state index is -3.61. The predicted molar refractivity (Wildman–Crippen MR) is 73.3 cm³/mol. The molecule has 0 aliphatic rings. The average Bonchev–Trinajstić information content (AvgIpc) is 2.81. The summed E-state index contributed by atoms with van der Waals surface area (Å²) in [7, 11) is -3.61. The first kappa shape index (κ1) is 14.7. The van der Waals surface area contributed by atoms with Crippen molar-refractivity contribution in [3.05, 3.63) is 53.4 Å². The van der Waals surface area contributed by atoms with Gasteiger partial charge in [-0.05, 0) is 12.5 Å². The van der Waals surface area contributed by atoms with Crippen molar-refractivity contribution in [1.82, 2.24) is 9.88 Å². The monoisotopic (exact) mass is 296 g/mol. The van der Waals surface area contributed by atoms with Crippen LogP contribution in [0.4, 0.5) is 0 Å². The molecule has 108 valence electrons. The zero-order valence-electron chi connectivity index (χ0n) is 11.0. The molecule has 7 heteroatoms. The number of sulfonamides is 1. The molecule has 0 radical (unpaired) electrons. The summed E-state index contributed by atoms with van der Waals surface area (Å²) in [6, 6.07) is 9.79. The van der Waals surface area contributed by atoms with Crippen molar-refractivity contribution in [2.45, 2.75) is 18.7 Å². The second-order valence-corrected chi connectivity index (χ2v) is 6.21. The lowest BCUT2D eigenvalue weighted by Gasteiger charge is -2.16. The van der Waals surface area contributed by atoms with E-state index in [4.69, 9.17) is 4.52 Å². The summed E-state index contributed by atoms with van der Waals surface area (Å²) in [5.74, 6) is 0.269. The van der Waals surface area contributed by atoms with Gasteiger partial charge in [-0.25, -0.2) is 13.1 Å². The molecule has 2 N–H and O–H groups in total. The van der Waals surface area contributed by atoms with Crippen LogP contribution in [0.3, 0.4) is 0 Å². The topological polar surface area (TPSA) is 92.4 Å². The minimum absolute atomic E-state index is 0.284. The number of hydrogen-bond donors (Lipinski definition) is 2. The van der Waals surface area contributed by atoms with Gasteiger partial charge in [-0.2, -0.15) is 0 Å². The van der Waals surface area contributed by atoms with Crippen LogP contribution in [0.1, 0.15) is 23.1 Å². The lowest BCUT2D eigenvalue weighted by atomic mass is 10.1. The standard InChI is InChI=1S/C13H16N2O4S/c1-10-7-12(14-19-10)9-20(17,18)15-13(8-16)11-5-3-2-4-6-11/h2-7,13,15-16H,8-9H2,1H3. The van der Waals surface area contributed by atoms with Crippen LogP contribution in [0.5, 0.6) is 0 Å². The molecule has 0 saturated heterocycles. The Bertz CT molecular complexity index is 652. The molecule has 1 unspecified atom stereocenters. The van der Waals surface area contributed by atoms with Crippen molar-refractivity contribution in [2.24, 2.45) is 0 Å². The minimum Gasteiger partial charge on any atom is -0.394 e.